The van der Waals surface area contributed by atoms with Gasteiger partial charge in [-0.05, 0) is 6.08 Å². The Morgan fingerprint density at radius 2 is 2.60 bits per heavy atom. The zero-order valence-electron chi connectivity index (χ0n) is 5.41. The van der Waals surface area contributed by atoms with Gasteiger partial charge in [0.15, 0.2) is 0 Å². The third-order valence-corrected chi connectivity index (χ3v) is 1.02. The van der Waals surface area contributed by atoms with Crippen LogP contribution in [0.2, 0.25) is 0 Å². The molecule has 4 nitrogen and oxygen atoms in total. The van der Waals surface area contributed by atoms with E-state index in [1.165, 1.54) is 0 Å². The average molecular weight is 139 g/mol. The lowest BCUT2D eigenvalue weighted by molar-refractivity contribution is 0.343. The van der Waals surface area contributed by atoms with E-state index in [4.69, 9.17) is 10.8 Å². The average Bonchev–Trinajstić information content (AvgIpc) is 2.31. The SMILES string of the molecule is Nc1cc(C=CCO)[nH]n1. The van der Waals surface area contributed by atoms with Crippen molar-refractivity contribution in [1.82, 2.24) is 10.2 Å². The maximum atomic E-state index is 8.38. The Kier molecular flexibility index (Phi) is 2.07. The van der Waals surface area contributed by atoms with E-state index < -0.39 is 0 Å². The predicted molar refractivity (Wildman–Crippen MR) is 39.1 cm³/mol. The first kappa shape index (κ1) is 6.82. The maximum Gasteiger partial charge on any atom is 0.145 e. The van der Waals surface area contributed by atoms with Gasteiger partial charge in [-0.15, -0.1) is 0 Å². The summed E-state index contributed by atoms with van der Waals surface area (Å²) in [5.41, 5.74) is 6.11. The lowest BCUT2D eigenvalue weighted by atomic mass is 10.4. The molecule has 0 amide bonds. The molecule has 1 aromatic rings. The summed E-state index contributed by atoms with van der Waals surface area (Å²) in [6.07, 6.45) is 3.32. The highest BCUT2D eigenvalue weighted by Crippen LogP contribution is 2.01. The number of aliphatic hydroxyl groups is 1. The summed E-state index contributed by atoms with van der Waals surface area (Å²) in [6.45, 7) is 0.0267. The van der Waals surface area contributed by atoms with E-state index in [2.05, 4.69) is 10.2 Å². The normalized spacial score (nSPS) is 10.9. The molecule has 54 valence electrons. The number of aromatic nitrogens is 2. The predicted octanol–water partition coefficient (Wildman–Crippen LogP) is -0.00260. The number of nitrogens with one attached hydrogen (secondary N) is 1. The van der Waals surface area contributed by atoms with Crippen LogP contribution in [0.25, 0.3) is 6.08 Å². The minimum atomic E-state index is 0.0267. The highest BCUT2D eigenvalue weighted by Gasteiger charge is 1.89. The third kappa shape index (κ3) is 1.60. The van der Waals surface area contributed by atoms with Gasteiger partial charge in [0.2, 0.25) is 0 Å². The van der Waals surface area contributed by atoms with Crippen molar-refractivity contribution in [1.29, 1.82) is 0 Å². The van der Waals surface area contributed by atoms with Crippen LogP contribution in [0.4, 0.5) is 5.82 Å². The van der Waals surface area contributed by atoms with Crippen LogP contribution in [0, 0.1) is 0 Å². The standard InChI is InChI=1S/C6H9N3O/c7-6-4-5(8-9-6)2-1-3-10/h1-2,4,10H,3H2,(H3,7,8,9). The smallest absolute Gasteiger partial charge is 0.145 e. The fourth-order valence-electron chi connectivity index (χ4n) is 0.618. The number of hydrogen-bond donors (Lipinski definition) is 3. The Bertz CT molecular complexity index is 229. The van der Waals surface area contributed by atoms with Crippen molar-refractivity contribution < 1.29 is 5.11 Å². The van der Waals surface area contributed by atoms with Crippen LogP contribution in [0.15, 0.2) is 12.1 Å². The number of nitrogens with two attached hydrogens (primary N) is 1. The van der Waals surface area contributed by atoms with Gasteiger partial charge in [-0.1, -0.05) is 6.08 Å². The van der Waals surface area contributed by atoms with Gasteiger partial charge in [0.25, 0.3) is 0 Å². The molecule has 0 saturated heterocycles. The van der Waals surface area contributed by atoms with E-state index in [1.807, 2.05) is 0 Å². The number of rotatable bonds is 2. The number of nitrogen functional groups attached to an aromatic ring is 1. The molecule has 0 fully saturated rings. The number of anilines is 1. The molecule has 0 aliphatic carbocycles. The minimum Gasteiger partial charge on any atom is -0.392 e. The summed E-state index contributed by atoms with van der Waals surface area (Å²) < 4.78 is 0. The highest BCUT2D eigenvalue weighted by molar-refractivity contribution is 5.48. The van der Waals surface area contributed by atoms with E-state index in [1.54, 1.807) is 18.2 Å². The molecule has 0 unspecified atom stereocenters. The van der Waals surface area contributed by atoms with Crippen molar-refractivity contribution in [3.63, 3.8) is 0 Å². The lowest BCUT2D eigenvalue weighted by Gasteiger charge is -1.79. The maximum absolute atomic E-state index is 8.38. The van der Waals surface area contributed by atoms with Gasteiger partial charge in [0.1, 0.15) is 5.82 Å². The molecule has 0 spiro atoms. The second-order valence-corrected chi connectivity index (χ2v) is 1.83. The molecule has 0 saturated carbocycles. The minimum absolute atomic E-state index is 0.0267. The van der Waals surface area contributed by atoms with E-state index in [0.29, 0.717) is 5.82 Å². The summed E-state index contributed by atoms with van der Waals surface area (Å²) in [4.78, 5) is 0. The van der Waals surface area contributed by atoms with E-state index >= 15 is 0 Å². The summed E-state index contributed by atoms with van der Waals surface area (Å²) >= 11 is 0. The zero-order chi connectivity index (χ0) is 7.40. The highest BCUT2D eigenvalue weighted by atomic mass is 16.2. The lowest BCUT2D eigenvalue weighted by Crippen LogP contribution is -1.81. The van der Waals surface area contributed by atoms with Gasteiger partial charge in [-0.2, -0.15) is 5.10 Å². The largest absolute Gasteiger partial charge is 0.392 e. The van der Waals surface area contributed by atoms with Crippen molar-refractivity contribution in [2.24, 2.45) is 0 Å². The van der Waals surface area contributed by atoms with Crippen molar-refractivity contribution in [2.75, 3.05) is 12.3 Å². The molecule has 0 atom stereocenters. The first-order valence-corrected chi connectivity index (χ1v) is 2.91. The Morgan fingerprint density at radius 1 is 1.80 bits per heavy atom. The van der Waals surface area contributed by atoms with Crippen LogP contribution in [0.3, 0.4) is 0 Å². The Labute approximate surface area is 58.4 Å². The van der Waals surface area contributed by atoms with Gasteiger partial charge in [-0.25, -0.2) is 0 Å². The molecule has 1 rings (SSSR count). The van der Waals surface area contributed by atoms with Crippen molar-refractivity contribution in [3.05, 3.63) is 17.8 Å². The van der Waals surface area contributed by atoms with E-state index in [9.17, 15) is 0 Å². The van der Waals surface area contributed by atoms with Crippen molar-refractivity contribution >= 4 is 11.9 Å². The van der Waals surface area contributed by atoms with Crippen LogP contribution < -0.4 is 5.73 Å². The van der Waals surface area contributed by atoms with Crippen LogP contribution in [-0.4, -0.2) is 21.9 Å². The number of nitrogens with zero attached hydrogens (tertiary/aromatic N) is 1. The number of aliphatic hydroxyl groups excluding tert-OH is 1. The second kappa shape index (κ2) is 3.03. The van der Waals surface area contributed by atoms with Gasteiger partial charge in [0, 0.05) is 6.07 Å². The first-order chi connectivity index (χ1) is 4.83. The first-order valence-electron chi connectivity index (χ1n) is 2.91. The topological polar surface area (TPSA) is 74.9 Å². The molecule has 0 aliphatic heterocycles. The molecule has 0 aromatic carbocycles. The second-order valence-electron chi connectivity index (χ2n) is 1.83. The summed E-state index contributed by atoms with van der Waals surface area (Å²) in [7, 11) is 0. The Balaban J connectivity index is 2.67. The van der Waals surface area contributed by atoms with Gasteiger partial charge < -0.3 is 10.8 Å². The molecule has 1 aromatic heterocycles. The Morgan fingerprint density at radius 3 is 3.10 bits per heavy atom. The van der Waals surface area contributed by atoms with E-state index in [-0.39, 0.29) is 6.61 Å². The molecule has 0 bridgehead atoms. The molecule has 10 heavy (non-hydrogen) atoms. The van der Waals surface area contributed by atoms with Gasteiger partial charge in [0.05, 0.1) is 12.3 Å². The molecule has 0 radical (unpaired) electrons. The van der Waals surface area contributed by atoms with Crippen LogP contribution in [-0.2, 0) is 0 Å². The van der Waals surface area contributed by atoms with E-state index in [0.717, 1.165) is 5.69 Å². The fraction of sp³-hybridized carbons (Fsp3) is 0.167. The van der Waals surface area contributed by atoms with Crippen molar-refractivity contribution in [3.8, 4) is 0 Å². The number of hydrogen-bond acceptors (Lipinski definition) is 3. The Hall–Kier alpha value is -1.29. The number of aromatic amines is 1. The van der Waals surface area contributed by atoms with Crippen LogP contribution >= 0.6 is 0 Å². The van der Waals surface area contributed by atoms with Gasteiger partial charge in [-0.3, -0.25) is 5.10 Å². The zero-order valence-corrected chi connectivity index (χ0v) is 5.41. The van der Waals surface area contributed by atoms with Crippen LogP contribution in [0.5, 0.6) is 0 Å². The number of H-pyrrole nitrogens is 1. The molecule has 4 heteroatoms. The van der Waals surface area contributed by atoms with Gasteiger partial charge >= 0.3 is 0 Å². The summed E-state index contributed by atoms with van der Waals surface area (Å²) in [5.74, 6) is 0.456. The molecular weight excluding hydrogens is 130 g/mol. The molecule has 0 aliphatic rings. The summed E-state index contributed by atoms with van der Waals surface area (Å²) in [6, 6.07) is 1.69. The van der Waals surface area contributed by atoms with Crippen LogP contribution in [0.1, 0.15) is 5.69 Å². The quantitative estimate of drug-likeness (QED) is 0.539. The molecule has 4 N–H and O–H groups in total. The monoisotopic (exact) mass is 139 g/mol. The third-order valence-electron chi connectivity index (χ3n) is 1.02. The van der Waals surface area contributed by atoms with Crippen molar-refractivity contribution in [2.45, 2.75) is 0 Å². The summed E-state index contributed by atoms with van der Waals surface area (Å²) in [5, 5.41) is 14.7. The fourth-order valence-corrected chi connectivity index (χ4v) is 0.618. The molecular formula is C6H9N3O. The molecule has 1 heterocycles.